The van der Waals surface area contributed by atoms with Crippen LogP contribution in [-0.2, 0) is 9.53 Å². The Morgan fingerprint density at radius 3 is 2.77 bits per heavy atom. The predicted octanol–water partition coefficient (Wildman–Crippen LogP) is 0.356. The van der Waals surface area contributed by atoms with E-state index in [1.165, 1.54) is 0 Å². The van der Waals surface area contributed by atoms with Crippen molar-refractivity contribution in [1.29, 1.82) is 5.26 Å². The molecule has 0 spiro atoms. The first-order chi connectivity index (χ1) is 6.11. The summed E-state index contributed by atoms with van der Waals surface area (Å²) in [6, 6.07) is 1.66. The van der Waals surface area contributed by atoms with E-state index in [4.69, 9.17) is 5.26 Å². The molecule has 0 aromatic carbocycles. The molecule has 6 nitrogen and oxygen atoms in total. The molecule has 0 aromatic rings. The van der Waals surface area contributed by atoms with E-state index < -0.39 is 23.4 Å². The summed E-state index contributed by atoms with van der Waals surface area (Å²) in [4.78, 5) is 20.3. The van der Waals surface area contributed by atoms with Gasteiger partial charge in [-0.3, -0.25) is 14.9 Å². The van der Waals surface area contributed by atoms with E-state index in [0.717, 1.165) is 0 Å². The molecule has 72 valence electrons. The molecule has 0 saturated carbocycles. The maximum atomic E-state index is 10.9. The molecular formula is C7H10N2O4. The van der Waals surface area contributed by atoms with E-state index >= 15 is 0 Å². The molecule has 6 heteroatoms. The van der Waals surface area contributed by atoms with Crippen molar-refractivity contribution in [3.63, 3.8) is 0 Å². The highest BCUT2D eigenvalue weighted by molar-refractivity contribution is 5.75. The van der Waals surface area contributed by atoms with Crippen LogP contribution in [0.15, 0.2) is 0 Å². The molecule has 0 N–H and O–H groups in total. The second-order valence-corrected chi connectivity index (χ2v) is 2.28. The summed E-state index contributed by atoms with van der Waals surface area (Å²) in [6.07, 6.45) is -0.0949. The zero-order chi connectivity index (χ0) is 10.3. The number of nitrogens with zero attached hydrogens (tertiary/aromatic N) is 2. The number of ether oxygens (including phenoxy) is 1. The monoisotopic (exact) mass is 186 g/mol. The van der Waals surface area contributed by atoms with Crippen molar-refractivity contribution >= 4 is 5.97 Å². The van der Waals surface area contributed by atoms with Crippen molar-refractivity contribution in [3.05, 3.63) is 10.1 Å². The maximum absolute atomic E-state index is 10.9. The molecular weight excluding hydrogens is 176 g/mol. The minimum atomic E-state index is -1.02. The lowest BCUT2D eigenvalue weighted by Crippen LogP contribution is -2.19. The number of rotatable bonds is 5. The molecule has 1 atom stereocenters. The molecule has 13 heavy (non-hydrogen) atoms. The maximum Gasteiger partial charge on any atom is 0.323 e. The van der Waals surface area contributed by atoms with Crippen LogP contribution in [0.1, 0.15) is 13.3 Å². The molecule has 0 radical (unpaired) electrons. The van der Waals surface area contributed by atoms with Crippen molar-refractivity contribution in [2.75, 3.05) is 13.2 Å². The molecule has 0 amide bonds. The first-order valence-electron chi connectivity index (χ1n) is 3.79. The van der Waals surface area contributed by atoms with Crippen molar-refractivity contribution in [3.8, 4) is 6.07 Å². The second-order valence-electron chi connectivity index (χ2n) is 2.28. The predicted molar refractivity (Wildman–Crippen MR) is 42.2 cm³/mol. The lowest BCUT2D eigenvalue weighted by atomic mass is 10.1. The van der Waals surface area contributed by atoms with E-state index in [-0.39, 0.29) is 13.0 Å². The molecule has 1 unspecified atom stereocenters. The Hall–Kier alpha value is -1.64. The highest BCUT2D eigenvalue weighted by atomic mass is 16.6. The summed E-state index contributed by atoms with van der Waals surface area (Å²) in [7, 11) is 0. The van der Waals surface area contributed by atoms with Gasteiger partial charge < -0.3 is 4.74 Å². The van der Waals surface area contributed by atoms with E-state index in [1.807, 2.05) is 0 Å². The largest absolute Gasteiger partial charge is 0.465 e. The highest BCUT2D eigenvalue weighted by Gasteiger charge is 2.20. The van der Waals surface area contributed by atoms with E-state index in [0.29, 0.717) is 0 Å². The van der Waals surface area contributed by atoms with Gasteiger partial charge in [-0.25, -0.2) is 0 Å². The quantitative estimate of drug-likeness (QED) is 0.351. The van der Waals surface area contributed by atoms with Crippen molar-refractivity contribution < 1.29 is 14.5 Å². The summed E-state index contributed by atoms with van der Waals surface area (Å²) >= 11 is 0. The number of hydrogen-bond donors (Lipinski definition) is 0. The number of nitriles is 1. The van der Waals surface area contributed by atoms with Crippen LogP contribution in [0, 0.1) is 27.4 Å². The fraction of sp³-hybridized carbons (Fsp3) is 0.714. The van der Waals surface area contributed by atoms with Crippen LogP contribution in [0.2, 0.25) is 0 Å². The molecule has 0 rings (SSSR count). The van der Waals surface area contributed by atoms with E-state index in [9.17, 15) is 14.9 Å². The normalized spacial score (nSPS) is 11.4. The van der Waals surface area contributed by atoms with Gasteiger partial charge in [-0.2, -0.15) is 5.26 Å². The van der Waals surface area contributed by atoms with Gasteiger partial charge in [0.05, 0.1) is 12.7 Å². The Balaban J connectivity index is 3.97. The zero-order valence-electron chi connectivity index (χ0n) is 7.23. The van der Waals surface area contributed by atoms with E-state index in [2.05, 4.69) is 4.74 Å². The van der Waals surface area contributed by atoms with Gasteiger partial charge >= 0.3 is 5.97 Å². The number of hydrogen-bond acceptors (Lipinski definition) is 5. The van der Waals surface area contributed by atoms with Gasteiger partial charge in [-0.1, -0.05) is 0 Å². The summed E-state index contributed by atoms with van der Waals surface area (Å²) in [5, 5.41) is 18.4. The fourth-order valence-electron chi connectivity index (χ4n) is 0.712. The Labute approximate surface area is 75.2 Å². The molecule has 0 saturated heterocycles. The van der Waals surface area contributed by atoms with E-state index in [1.54, 1.807) is 13.0 Å². The molecule has 0 heterocycles. The smallest absolute Gasteiger partial charge is 0.323 e. The third-order valence-corrected chi connectivity index (χ3v) is 1.33. The number of nitro groups is 1. The summed E-state index contributed by atoms with van der Waals surface area (Å²) in [6.45, 7) is 1.40. The summed E-state index contributed by atoms with van der Waals surface area (Å²) < 4.78 is 4.54. The lowest BCUT2D eigenvalue weighted by molar-refractivity contribution is -0.481. The minimum absolute atomic E-state index is 0.0949. The lowest BCUT2D eigenvalue weighted by Gasteiger charge is -2.04. The number of carbonyl (C=O) groups excluding carboxylic acids is 1. The Morgan fingerprint density at radius 2 is 2.38 bits per heavy atom. The van der Waals surface area contributed by atoms with Crippen LogP contribution in [-0.4, -0.2) is 24.0 Å². The van der Waals surface area contributed by atoms with Gasteiger partial charge in [0, 0.05) is 11.3 Å². The third kappa shape index (κ3) is 4.74. The Kier molecular flexibility index (Phi) is 5.19. The molecule has 0 aliphatic carbocycles. The topological polar surface area (TPSA) is 93.2 Å². The third-order valence-electron chi connectivity index (χ3n) is 1.33. The number of carbonyl (C=O) groups is 1. The van der Waals surface area contributed by atoms with Gasteiger partial charge in [-0.05, 0) is 6.92 Å². The van der Waals surface area contributed by atoms with Crippen LogP contribution in [0.5, 0.6) is 0 Å². The van der Waals surface area contributed by atoms with Crippen LogP contribution in [0.25, 0.3) is 0 Å². The zero-order valence-corrected chi connectivity index (χ0v) is 7.23. The summed E-state index contributed by atoms with van der Waals surface area (Å²) in [5.74, 6) is -1.71. The molecule has 0 aliphatic heterocycles. The fourth-order valence-corrected chi connectivity index (χ4v) is 0.712. The van der Waals surface area contributed by atoms with Gasteiger partial charge in [0.25, 0.3) is 0 Å². The average Bonchev–Trinajstić information content (AvgIpc) is 2.05. The Morgan fingerprint density at radius 1 is 1.77 bits per heavy atom. The first-order valence-corrected chi connectivity index (χ1v) is 3.79. The molecule has 0 fully saturated rings. The highest BCUT2D eigenvalue weighted by Crippen LogP contribution is 2.04. The SMILES string of the molecule is CCOC(=O)C(C#N)CC[N+](=O)[O-]. The van der Waals surface area contributed by atoms with Gasteiger partial charge in [0.15, 0.2) is 0 Å². The minimum Gasteiger partial charge on any atom is -0.465 e. The van der Waals surface area contributed by atoms with Gasteiger partial charge in [-0.15, -0.1) is 0 Å². The molecule has 0 aromatic heterocycles. The van der Waals surface area contributed by atoms with Crippen molar-refractivity contribution in [1.82, 2.24) is 0 Å². The standard InChI is InChI=1S/C7H10N2O4/c1-2-13-7(10)6(5-8)3-4-9(11)12/h6H,2-4H2,1H3. The summed E-state index contributed by atoms with van der Waals surface area (Å²) in [5.41, 5.74) is 0. The first kappa shape index (κ1) is 11.4. The van der Waals surface area contributed by atoms with Crippen LogP contribution < -0.4 is 0 Å². The second kappa shape index (κ2) is 5.94. The average molecular weight is 186 g/mol. The van der Waals surface area contributed by atoms with Crippen molar-refractivity contribution in [2.24, 2.45) is 5.92 Å². The van der Waals surface area contributed by atoms with Crippen LogP contribution in [0.4, 0.5) is 0 Å². The molecule has 0 bridgehead atoms. The van der Waals surface area contributed by atoms with Crippen LogP contribution >= 0.6 is 0 Å². The van der Waals surface area contributed by atoms with Gasteiger partial charge in [0.2, 0.25) is 6.54 Å². The van der Waals surface area contributed by atoms with Crippen LogP contribution in [0.3, 0.4) is 0 Å². The Bertz CT molecular complexity index is 233. The van der Waals surface area contributed by atoms with Gasteiger partial charge in [0.1, 0.15) is 5.92 Å². The molecule has 0 aliphatic rings. The van der Waals surface area contributed by atoms with Crippen molar-refractivity contribution in [2.45, 2.75) is 13.3 Å². The number of esters is 1.